The van der Waals surface area contributed by atoms with Gasteiger partial charge in [0.1, 0.15) is 43.5 Å². The number of hydrogen-bond donors (Lipinski definition) is 2. The van der Waals surface area contributed by atoms with Crippen molar-refractivity contribution in [2.24, 2.45) is 0 Å². The van der Waals surface area contributed by atoms with Crippen molar-refractivity contribution in [3.8, 4) is 17.2 Å². The third-order valence-electron chi connectivity index (χ3n) is 5.98. The molecule has 10 heteroatoms. The van der Waals surface area contributed by atoms with Crippen molar-refractivity contribution in [3.05, 3.63) is 58.7 Å². The largest absolute Gasteiger partial charge is 0.490 e. The fraction of sp³-hybridized carbons (Fsp3) is 0.448. The van der Waals surface area contributed by atoms with Crippen LogP contribution in [0.3, 0.4) is 0 Å². The summed E-state index contributed by atoms with van der Waals surface area (Å²) in [6, 6.07) is 6.63. The second kappa shape index (κ2) is 11.5. The highest BCUT2D eigenvalue weighted by Crippen LogP contribution is 2.41. The second-order valence-electron chi connectivity index (χ2n) is 11.0. The van der Waals surface area contributed by atoms with Gasteiger partial charge in [0.25, 0.3) is 0 Å². The Balaban J connectivity index is 2.09. The van der Waals surface area contributed by atoms with Gasteiger partial charge in [-0.2, -0.15) is 8.78 Å². The van der Waals surface area contributed by atoms with Crippen LogP contribution in [0.5, 0.6) is 5.75 Å². The van der Waals surface area contributed by atoms with Gasteiger partial charge in [0.05, 0.1) is 29.3 Å². The van der Waals surface area contributed by atoms with Crippen molar-refractivity contribution in [2.75, 3.05) is 25.6 Å². The predicted octanol–water partition coefficient (Wildman–Crippen LogP) is 6.37. The molecule has 0 saturated heterocycles. The summed E-state index contributed by atoms with van der Waals surface area (Å²) >= 11 is 0. The number of nitrogens with one attached hydrogen (secondary N) is 1. The van der Waals surface area contributed by atoms with Gasteiger partial charge in [0, 0.05) is 18.1 Å². The van der Waals surface area contributed by atoms with E-state index < -0.39 is 37.0 Å². The number of halogens is 3. The van der Waals surface area contributed by atoms with Gasteiger partial charge in [0.15, 0.2) is 0 Å². The van der Waals surface area contributed by atoms with Crippen molar-refractivity contribution in [3.63, 3.8) is 0 Å². The number of methoxy groups -OCH3 is 1. The molecule has 0 bridgehead atoms. The minimum atomic E-state index is -3.80. The monoisotopic (exact) mass is 559 g/mol. The van der Waals surface area contributed by atoms with Gasteiger partial charge < -0.3 is 19.9 Å². The van der Waals surface area contributed by atoms with Crippen molar-refractivity contribution >= 4 is 24.8 Å². The quantitative estimate of drug-likeness (QED) is 0.180. The molecule has 0 unspecified atom stereocenters. The van der Waals surface area contributed by atoms with Crippen molar-refractivity contribution in [2.45, 2.75) is 64.9 Å². The lowest BCUT2D eigenvalue weighted by Crippen LogP contribution is -2.41. The molecule has 3 aromatic rings. The lowest BCUT2D eigenvalue weighted by molar-refractivity contribution is -0.170. The number of anilines is 1. The summed E-state index contributed by atoms with van der Waals surface area (Å²) in [7, 11) is -0.0917. The molecule has 3 rings (SSSR count). The Morgan fingerprint density at radius 2 is 1.82 bits per heavy atom. The normalized spacial score (nSPS) is 13.1. The number of nitrogens with zero attached hydrogens (tertiary/aromatic N) is 2. The number of aliphatic hydroxyl groups is 1. The number of aryl methyl sites for hydroxylation is 1. The Morgan fingerprint density at radius 3 is 2.44 bits per heavy atom. The molecular weight excluding hydrogens is 523 g/mol. The van der Waals surface area contributed by atoms with Crippen molar-refractivity contribution < 1.29 is 27.8 Å². The standard InChI is InChI=1S/C29H36F3N3O3Si/c1-18(21-10-9-11-23(26(21)30)29(31,32)28(3,4)36)33-27-22-17-25(38-14-13-37-5)20(12-15-39(6,7)8)16-24(22)34-19(2)35-27/h9-11,16-18,36H,13-14H2,1-8H3,(H,33,34,35)/t18-/m1/s1. The lowest BCUT2D eigenvalue weighted by atomic mass is 9.91. The lowest BCUT2D eigenvalue weighted by Gasteiger charge is -2.30. The zero-order valence-corrected chi connectivity index (χ0v) is 24.7. The number of aromatic nitrogens is 2. The van der Waals surface area contributed by atoms with Crippen LogP contribution in [0.15, 0.2) is 30.3 Å². The number of alkyl halides is 2. The molecule has 1 aromatic heterocycles. The highest BCUT2D eigenvalue weighted by molar-refractivity contribution is 6.83. The van der Waals surface area contributed by atoms with Crippen LogP contribution in [-0.2, 0) is 10.7 Å². The van der Waals surface area contributed by atoms with E-state index in [0.717, 1.165) is 19.9 Å². The van der Waals surface area contributed by atoms with Crippen molar-refractivity contribution in [1.29, 1.82) is 0 Å². The van der Waals surface area contributed by atoms with E-state index in [9.17, 15) is 13.9 Å². The van der Waals surface area contributed by atoms with Gasteiger partial charge in [-0.05, 0) is 45.9 Å². The van der Waals surface area contributed by atoms with Gasteiger partial charge >= 0.3 is 5.92 Å². The van der Waals surface area contributed by atoms with Crippen LogP contribution in [0.1, 0.15) is 49.3 Å². The Morgan fingerprint density at radius 1 is 1.13 bits per heavy atom. The molecule has 0 fully saturated rings. The van der Waals surface area contributed by atoms with Crippen LogP contribution < -0.4 is 10.1 Å². The van der Waals surface area contributed by atoms with E-state index in [-0.39, 0.29) is 5.56 Å². The minimum absolute atomic E-state index is 0.00929. The number of fused-ring (bicyclic) bond motifs is 1. The van der Waals surface area contributed by atoms with Gasteiger partial charge in [0.2, 0.25) is 0 Å². The first-order valence-corrected chi connectivity index (χ1v) is 16.2. The van der Waals surface area contributed by atoms with E-state index in [4.69, 9.17) is 9.47 Å². The van der Waals surface area contributed by atoms with E-state index in [1.54, 1.807) is 27.0 Å². The smallest absolute Gasteiger partial charge is 0.303 e. The van der Waals surface area contributed by atoms with Crippen LogP contribution >= 0.6 is 0 Å². The summed E-state index contributed by atoms with van der Waals surface area (Å²) in [6.45, 7) is 12.4. The van der Waals surface area contributed by atoms with Gasteiger partial charge in [-0.1, -0.05) is 37.7 Å². The Labute approximate surface area is 229 Å². The fourth-order valence-electron chi connectivity index (χ4n) is 3.83. The first-order chi connectivity index (χ1) is 18.0. The van der Waals surface area contributed by atoms with Gasteiger partial charge in [-0.3, -0.25) is 0 Å². The Kier molecular flexibility index (Phi) is 9.00. The number of ether oxygens (including phenoxy) is 2. The molecule has 0 saturated carbocycles. The highest BCUT2D eigenvalue weighted by atomic mass is 28.3. The Bertz CT molecular complexity index is 1410. The molecule has 210 valence electrons. The average Bonchev–Trinajstić information content (AvgIpc) is 2.81. The third kappa shape index (κ3) is 7.09. The zero-order chi connectivity index (χ0) is 29.2. The first-order valence-electron chi connectivity index (χ1n) is 12.7. The van der Waals surface area contributed by atoms with Gasteiger partial charge in [-0.25, -0.2) is 14.4 Å². The van der Waals surface area contributed by atoms with E-state index in [1.807, 2.05) is 6.07 Å². The predicted molar refractivity (Wildman–Crippen MR) is 150 cm³/mol. The van der Waals surface area contributed by atoms with Crippen LogP contribution in [-0.4, -0.2) is 49.1 Å². The molecule has 1 atom stereocenters. The summed E-state index contributed by atoms with van der Waals surface area (Å²) in [5.74, 6) is -0.250. The molecule has 2 aromatic carbocycles. The highest BCUT2D eigenvalue weighted by Gasteiger charge is 2.49. The summed E-state index contributed by atoms with van der Waals surface area (Å²) in [6.07, 6.45) is 0. The summed E-state index contributed by atoms with van der Waals surface area (Å²) < 4.78 is 56.2. The molecule has 2 N–H and O–H groups in total. The van der Waals surface area contributed by atoms with Crippen molar-refractivity contribution in [1.82, 2.24) is 9.97 Å². The number of benzene rings is 2. The molecule has 0 spiro atoms. The molecule has 0 aliphatic rings. The molecular formula is C29H36F3N3O3Si. The minimum Gasteiger partial charge on any atom is -0.490 e. The zero-order valence-electron chi connectivity index (χ0n) is 23.7. The maximum atomic E-state index is 15.4. The van der Waals surface area contributed by atoms with Gasteiger partial charge in [-0.15, -0.1) is 5.54 Å². The van der Waals surface area contributed by atoms with Crippen LogP contribution in [0, 0.1) is 24.2 Å². The first kappa shape index (κ1) is 30.4. The van der Waals surface area contributed by atoms with E-state index >= 15 is 4.39 Å². The van der Waals surface area contributed by atoms with E-state index in [2.05, 4.69) is 46.4 Å². The SMILES string of the molecule is COCCOc1cc2c(N[C@H](C)c3cccc(C(F)(F)C(C)(C)O)c3F)nc(C)nc2cc1C#C[Si](C)(C)C. The maximum Gasteiger partial charge on any atom is 0.303 e. The van der Waals surface area contributed by atoms with Crippen LogP contribution in [0.2, 0.25) is 19.6 Å². The molecule has 6 nitrogen and oxygen atoms in total. The number of hydrogen-bond acceptors (Lipinski definition) is 6. The molecule has 0 aliphatic heterocycles. The van der Waals surface area contributed by atoms with Crippen LogP contribution in [0.25, 0.3) is 10.9 Å². The molecule has 0 radical (unpaired) electrons. The molecule has 0 aliphatic carbocycles. The third-order valence-corrected chi connectivity index (χ3v) is 6.86. The van der Waals surface area contributed by atoms with Crippen LogP contribution in [0.4, 0.5) is 19.0 Å². The average molecular weight is 560 g/mol. The van der Waals surface area contributed by atoms with E-state index in [1.165, 1.54) is 12.1 Å². The number of rotatable bonds is 9. The summed E-state index contributed by atoms with van der Waals surface area (Å²) in [5.41, 5.74) is 1.34. The molecule has 1 heterocycles. The summed E-state index contributed by atoms with van der Waals surface area (Å²) in [5, 5.41) is 13.7. The second-order valence-corrected chi connectivity index (χ2v) is 15.8. The fourth-order valence-corrected chi connectivity index (χ4v) is 4.34. The molecule has 39 heavy (non-hydrogen) atoms. The summed E-state index contributed by atoms with van der Waals surface area (Å²) in [4.78, 5) is 9.08. The molecule has 0 amide bonds. The topological polar surface area (TPSA) is 76.5 Å². The Hall–Kier alpha value is -3.13. The van der Waals surface area contributed by atoms with E-state index in [0.29, 0.717) is 47.1 Å². The maximum absolute atomic E-state index is 15.4.